The highest BCUT2D eigenvalue weighted by Crippen LogP contribution is 2.18. The molecule has 1 aliphatic rings. The number of likely N-dealkylation sites (tertiary alicyclic amines) is 1. The fourth-order valence-electron chi connectivity index (χ4n) is 2.01. The minimum atomic E-state index is -3.36. The molecule has 0 aromatic rings. The first-order chi connectivity index (χ1) is 8.38. The standard InChI is InChI=1S/C13H23NO3S/c1-4-5-10-18(16,17)12(3)13(15)14-8-6-11(2)7-9-14/h4-5,11-12H,6-10H2,1-3H3/b5-4-/t12-/m1/s1. The van der Waals surface area contributed by atoms with Crippen LogP contribution in [0.1, 0.15) is 33.6 Å². The van der Waals surface area contributed by atoms with Gasteiger partial charge >= 0.3 is 0 Å². The van der Waals surface area contributed by atoms with Gasteiger partial charge in [-0.3, -0.25) is 4.79 Å². The van der Waals surface area contributed by atoms with Crippen LogP contribution in [0.5, 0.6) is 0 Å². The molecule has 1 atom stereocenters. The summed E-state index contributed by atoms with van der Waals surface area (Å²) in [6.07, 6.45) is 5.20. The van der Waals surface area contributed by atoms with Gasteiger partial charge in [-0.2, -0.15) is 0 Å². The smallest absolute Gasteiger partial charge is 0.240 e. The predicted octanol–water partition coefficient (Wildman–Crippen LogP) is 1.62. The van der Waals surface area contributed by atoms with Crippen LogP contribution in [0.2, 0.25) is 0 Å². The number of amides is 1. The highest BCUT2D eigenvalue weighted by molar-refractivity contribution is 7.92. The number of carbonyl (C=O) groups excluding carboxylic acids is 1. The van der Waals surface area contributed by atoms with Gasteiger partial charge in [0.05, 0.1) is 5.75 Å². The highest BCUT2D eigenvalue weighted by atomic mass is 32.2. The molecule has 5 heteroatoms. The molecule has 1 heterocycles. The number of hydrogen-bond donors (Lipinski definition) is 0. The van der Waals surface area contributed by atoms with E-state index in [9.17, 15) is 13.2 Å². The van der Waals surface area contributed by atoms with Crippen LogP contribution in [-0.2, 0) is 14.6 Å². The number of allylic oxidation sites excluding steroid dienone is 1. The van der Waals surface area contributed by atoms with Crippen molar-refractivity contribution in [2.75, 3.05) is 18.8 Å². The fourth-order valence-corrected chi connectivity index (χ4v) is 3.22. The monoisotopic (exact) mass is 273 g/mol. The van der Waals surface area contributed by atoms with Crippen molar-refractivity contribution in [3.8, 4) is 0 Å². The van der Waals surface area contributed by atoms with E-state index in [-0.39, 0.29) is 11.7 Å². The number of rotatable bonds is 4. The van der Waals surface area contributed by atoms with Gasteiger partial charge in [-0.1, -0.05) is 19.1 Å². The summed E-state index contributed by atoms with van der Waals surface area (Å²) in [6.45, 7) is 6.80. The minimum Gasteiger partial charge on any atom is -0.342 e. The van der Waals surface area contributed by atoms with Gasteiger partial charge in [0, 0.05) is 13.1 Å². The Morgan fingerprint density at radius 2 is 1.94 bits per heavy atom. The van der Waals surface area contributed by atoms with Gasteiger partial charge in [0.15, 0.2) is 9.84 Å². The molecule has 104 valence electrons. The first kappa shape index (κ1) is 15.2. The summed E-state index contributed by atoms with van der Waals surface area (Å²) in [5, 5.41) is -0.929. The number of carbonyl (C=O) groups is 1. The van der Waals surface area contributed by atoms with Crippen LogP contribution in [0.4, 0.5) is 0 Å². The third-order valence-corrected chi connectivity index (χ3v) is 5.48. The Bertz CT molecular complexity index is 406. The van der Waals surface area contributed by atoms with E-state index < -0.39 is 15.1 Å². The summed E-state index contributed by atoms with van der Waals surface area (Å²) in [7, 11) is -3.36. The zero-order valence-electron chi connectivity index (χ0n) is 11.4. The first-order valence-corrected chi connectivity index (χ1v) is 8.21. The minimum absolute atomic E-state index is 0.0549. The molecule has 1 saturated heterocycles. The third kappa shape index (κ3) is 3.83. The molecule has 0 saturated carbocycles. The van der Waals surface area contributed by atoms with E-state index in [1.807, 2.05) is 0 Å². The van der Waals surface area contributed by atoms with E-state index in [2.05, 4.69) is 6.92 Å². The summed E-state index contributed by atoms with van der Waals surface area (Å²) >= 11 is 0. The molecule has 0 N–H and O–H groups in total. The van der Waals surface area contributed by atoms with Crippen molar-refractivity contribution in [1.29, 1.82) is 0 Å². The Balaban J connectivity index is 2.66. The van der Waals surface area contributed by atoms with Gasteiger partial charge in [-0.25, -0.2) is 8.42 Å². The predicted molar refractivity (Wildman–Crippen MR) is 73.0 cm³/mol. The molecule has 1 fully saturated rings. The third-order valence-electron chi connectivity index (χ3n) is 3.55. The maximum absolute atomic E-state index is 12.1. The lowest BCUT2D eigenvalue weighted by Crippen LogP contribution is -2.45. The largest absolute Gasteiger partial charge is 0.342 e. The molecule has 0 spiro atoms. The lowest BCUT2D eigenvalue weighted by atomic mass is 9.99. The van der Waals surface area contributed by atoms with Gasteiger partial charge in [-0.15, -0.1) is 0 Å². The molecule has 4 nitrogen and oxygen atoms in total. The van der Waals surface area contributed by atoms with E-state index >= 15 is 0 Å². The molecule has 0 unspecified atom stereocenters. The second-order valence-corrected chi connectivity index (χ2v) is 7.41. The molecule has 0 aromatic heterocycles. The van der Waals surface area contributed by atoms with Gasteiger partial charge in [-0.05, 0) is 32.6 Å². The summed E-state index contributed by atoms with van der Waals surface area (Å²) in [6, 6.07) is 0. The van der Waals surface area contributed by atoms with E-state index in [4.69, 9.17) is 0 Å². The Kier molecular flexibility index (Phi) is 5.38. The zero-order chi connectivity index (χ0) is 13.8. The maximum Gasteiger partial charge on any atom is 0.240 e. The zero-order valence-corrected chi connectivity index (χ0v) is 12.2. The highest BCUT2D eigenvalue weighted by Gasteiger charge is 2.32. The first-order valence-electron chi connectivity index (χ1n) is 6.50. The van der Waals surface area contributed by atoms with Crippen LogP contribution < -0.4 is 0 Å². The number of hydrogen-bond acceptors (Lipinski definition) is 3. The van der Waals surface area contributed by atoms with E-state index in [1.165, 1.54) is 6.92 Å². The van der Waals surface area contributed by atoms with E-state index in [1.54, 1.807) is 24.0 Å². The van der Waals surface area contributed by atoms with Crippen molar-refractivity contribution in [3.63, 3.8) is 0 Å². The second-order valence-electron chi connectivity index (χ2n) is 5.05. The molecule has 0 aromatic carbocycles. The molecule has 1 aliphatic heterocycles. The lowest BCUT2D eigenvalue weighted by molar-refractivity contribution is -0.131. The summed E-state index contributed by atoms with van der Waals surface area (Å²) in [4.78, 5) is 13.8. The van der Waals surface area contributed by atoms with Crippen molar-refractivity contribution >= 4 is 15.7 Å². The Morgan fingerprint density at radius 1 is 1.39 bits per heavy atom. The quantitative estimate of drug-likeness (QED) is 0.731. The number of sulfone groups is 1. The van der Waals surface area contributed by atoms with Crippen molar-refractivity contribution in [2.45, 2.75) is 38.9 Å². The topological polar surface area (TPSA) is 54.5 Å². The SMILES string of the molecule is C/C=C\CS(=O)(=O)[C@H](C)C(=O)N1CCC(C)CC1. The van der Waals surface area contributed by atoms with Gasteiger partial charge in [0.1, 0.15) is 5.25 Å². The average molecular weight is 273 g/mol. The molecular formula is C13H23NO3S. The molecule has 0 radical (unpaired) electrons. The van der Waals surface area contributed by atoms with E-state index in [0.29, 0.717) is 19.0 Å². The van der Waals surface area contributed by atoms with Crippen LogP contribution in [0, 0.1) is 5.92 Å². The maximum atomic E-state index is 12.1. The Labute approximate surface area is 110 Å². The Morgan fingerprint density at radius 3 is 2.44 bits per heavy atom. The van der Waals surface area contributed by atoms with E-state index in [0.717, 1.165) is 12.8 Å². The molecule has 1 rings (SSSR count). The summed E-state index contributed by atoms with van der Waals surface area (Å²) in [5.41, 5.74) is 0. The van der Waals surface area contributed by atoms with Crippen LogP contribution in [0.15, 0.2) is 12.2 Å². The van der Waals surface area contributed by atoms with Crippen molar-refractivity contribution in [3.05, 3.63) is 12.2 Å². The fraction of sp³-hybridized carbons (Fsp3) is 0.769. The van der Waals surface area contributed by atoms with Crippen molar-refractivity contribution in [1.82, 2.24) is 4.90 Å². The van der Waals surface area contributed by atoms with Gasteiger partial charge < -0.3 is 4.90 Å². The van der Waals surface area contributed by atoms with Gasteiger partial charge in [0.25, 0.3) is 0 Å². The molecule has 18 heavy (non-hydrogen) atoms. The van der Waals surface area contributed by atoms with Crippen LogP contribution >= 0.6 is 0 Å². The molecular weight excluding hydrogens is 250 g/mol. The second kappa shape index (κ2) is 6.36. The lowest BCUT2D eigenvalue weighted by Gasteiger charge is -2.32. The number of nitrogens with zero attached hydrogens (tertiary/aromatic N) is 1. The number of piperidine rings is 1. The normalized spacial score (nSPS) is 20.3. The molecule has 1 amide bonds. The van der Waals surface area contributed by atoms with Gasteiger partial charge in [0.2, 0.25) is 5.91 Å². The van der Waals surface area contributed by atoms with Crippen LogP contribution in [0.3, 0.4) is 0 Å². The average Bonchev–Trinajstić information content (AvgIpc) is 2.35. The molecule has 0 aliphatic carbocycles. The summed E-state index contributed by atoms with van der Waals surface area (Å²) in [5.74, 6) is 0.330. The van der Waals surface area contributed by atoms with Crippen molar-refractivity contribution in [2.24, 2.45) is 5.92 Å². The van der Waals surface area contributed by atoms with Crippen LogP contribution in [0.25, 0.3) is 0 Å². The Hall–Kier alpha value is -0.840. The molecule has 0 bridgehead atoms. The van der Waals surface area contributed by atoms with Crippen LogP contribution in [-0.4, -0.2) is 43.3 Å². The van der Waals surface area contributed by atoms with Crippen molar-refractivity contribution < 1.29 is 13.2 Å². The summed E-state index contributed by atoms with van der Waals surface area (Å²) < 4.78 is 23.9.